The highest BCUT2D eigenvalue weighted by molar-refractivity contribution is 4.72. The Hall–Kier alpha value is -0.0400. The maximum absolute atomic E-state index is 3.73. The molecule has 0 bridgehead atoms. The Labute approximate surface area is 110 Å². The molecule has 0 aliphatic carbocycles. The Kier molecular flexibility index (Phi) is 8.94. The minimum absolute atomic E-state index is 0.650. The molecule has 0 fully saturated rings. The van der Waals surface area contributed by atoms with Crippen LogP contribution < -0.4 is 5.32 Å². The lowest BCUT2D eigenvalue weighted by Crippen LogP contribution is -2.38. The molecule has 0 spiro atoms. The predicted octanol–water partition coefficient (Wildman–Crippen LogP) is 4.86. The summed E-state index contributed by atoms with van der Waals surface area (Å²) in [5, 5.41) is 3.73. The summed E-state index contributed by atoms with van der Waals surface area (Å²) in [7, 11) is 0. The van der Waals surface area contributed by atoms with Gasteiger partial charge in [0.15, 0.2) is 0 Å². The fraction of sp³-hybridized carbons (Fsp3) is 1.00. The largest absolute Gasteiger partial charge is 0.312 e. The van der Waals surface area contributed by atoms with Gasteiger partial charge in [0.05, 0.1) is 0 Å². The molecule has 1 N–H and O–H groups in total. The Bertz CT molecular complexity index is 176. The summed E-state index contributed by atoms with van der Waals surface area (Å²) in [6.07, 6.45) is 5.32. The van der Waals surface area contributed by atoms with Crippen LogP contribution in [0.4, 0.5) is 0 Å². The van der Waals surface area contributed by atoms with Crippen LogP contribution in [0.3, 0.4) is 0 Å². The van der Waals surface area contributed by atoms with Gasteiger partial charge in [-0.15, -0.1) is 0 Å². The smallest absolute Gasteiger partial charge is 0.00667 e. The van der Waals surface area contributed by atoms with Gasteiger partial charge < -0.3 is 5.32 Å². The van der Waals surface area contributed by atoms with E-state index in [1.165, 1.54) is 25.7 Å². The summed E-state index contributed by atoms with van der Waals surface area (Å²) in [4.78, 5) is 0. The lowest BCUT2D eigenvalue weighted by Gasteiger charge is -2.25. The third kappa shape index (κ3) is 7.81. The maximum atomic E-state index is 3.73. The molecule has 104 valence electrons. The van der Waals surface area contributed by atoms with Gasteiger partial charge in [-0.25, -0.2) is 0 Å². The van der Waals surface area contributed by atoms with Crippen molar-refractivity contribution < 1.29 is 0 Å². The van der Waals surface area contributed by atoms with Crippen molar-refractivity contribution in [3.63, 3.8) is 0 Å². The molecule has 0 aliphatic heterocycles. The highest BCUT2D eigenvalue weighted by Gasteiger charge is 2.13. The van der Waals surface area contributed by atoms with Gasteiger partial charge in [0.25, 0.3) is 0 Å². The van der Waals surface area contributed by atoms with Crippen molar-refractivity contribution in [1.29, 1.82) is 0 Å². The average molecular weight is 241 g/mol. The Morgan fingerprint density at radius 2 is 1.41 bits per heavy atom. The van der Waals surface area contributed by atoms with Gasteiger partial charge in [0.2, 0.25) is 0 Å². The molecule has 4 atom stereocenters. The molecule has 17 heavy (non-hydrogen) atoms. The molecule has 0 saturated carbocycles. The van der Waals surface area contributed by atoms with E-state index in [1.54, 1.807) is 0 Å². The van der Waals surface area contributed by atoms with E-state index in [-0.39, 0.29) is 0 Å². The third-order valence-electron chi connectivity index (χ3n) is 4.48. The third-order valence-corrected chi connectivity index (χ3v) is 4.48. The molecular formula is C16H35N. The van der Waals surface area contributed by atoms with E-state index in [4.69, 9.17) is 0 Å². The molecule has 1 heteroatoms. The van der Waals surface area contributed by atoms with Crippen LogP contribution >= 0.6 is 0 Å². The van der Waals surface area contributed by atoms with Crippen LogP contribution in [0.2, 0.25) is 0 Å². The minimum Gasteiger partial charge on any atom is -0.312 e. The second-order valence-corrected chi connectivity index (χ2v) is 6.39. The molecule has 0 aromatic heterocycles. The van der Waals surface area contributed by atoms with Crippen molar-refractivity contribution in [2.75, 3.05) is 0 Å². The lowest BCUT2D eigenvalue weighted by atomic mass is 9.91. The van der Waals surface area contributed by atoms with Crippen molar-refractivity contribution in [3.05, 3.63) is 0 Å². The maximum Gasteiger partial charge on any atom is 0.00667 e. The normalized spacial score (nSPS) is 19.1. The van der Waals surface area contributed by atoms with Crippen LogP contribution in [0.1, 0.15) is 74.1 Å². The fourth-order valence-electron chi connectivity index (χ4n) is 2.13. The molecule has 0 rings (SSSR count). The quantitative estimate of drug-likeness (QED) is 0.608. The van der Waals surface area contributed by atoms with Gasteiger partial charge in [-0.3, -0.25) is 0 Å². The molecule has 0 aliphatic rings. The summed E-state index contributed by atoms with van der Waals surface area (Å²) in [6.45, 7) is 16.3. The Morgan fingerprint density at radius 1 is 0.824 bits per heavy atom. The second kappa shape index (κ2) is 8.97. The van der Waals surface area contributed by atoms with Gasteiger partial charge in [-0.1, -0.05) is 53.9 Å². The van der Waals surface area contributed by atoms with Crippen molar-refractivity contribution >= 4 is 0 Å². The number of rotatable bonds is 9. The van der Waals surface area contributed by atoms with Crippen LogP contribution in [-0.2, 0) is 0 Å². The first-order valence-electron chi connectivity index (χ1n) is 7.64. The molecular weight excluding hydrogens is 206 g/mol. The molecule has 0 aromatic carbocycles. The van der Waals surface area contributed by atoms with E-state index in [0.29, 0.717) is 12.1 Å². The predicted molar refractivity (Wildman–Crippen MR) is 79.4 cm³/mol. The van der Waals surface area contributed by atoms with Gasteiger partial charge >= 0.3 is 0 Å². The average Bonchev–Trinajstić information content (AvgIpc) is 2.27. The summed E-state index contributed by atoms with van der Waals surface area (Å²) in [6, 6.07) is 1.32. The second-order valence-electron chi connectivity index (χ2n) is 6.39. The highest BCUT2D eigenvalue weighted by atomic mass is 14.9. The summed E-state index contributed by atoms with van der Waals surface area (Å²) in [5.41, 5.74) is 0. The molecule has 4 unspecified atom stereocenters. The van der Waals surface area contributed by atoms with Crippen LogP contribution in [0.5, 0.6) is 0 Å². The van der Waals surface area contributed by atoms with Gasteiger partial charge in [0, 0.05) is 12.1 Å². The minimum atomic E-state index is 0.650. The molecule has 0 aromatic rings. The Balaban J connectivity index is 3.69. The van der Waals surface area contributed by atoms with Crippen LogP contribution in [-0.4, -0.2) is 12.1 Å². The number of hydrogen-bond donors (Lipinski definition) is 1. The van der Waals surface area contributed by atoms with Gasteiger partial charge in [-0.2, -0.15) is 0 Å². The van der Waals surface area contributed by atoms with E-state index in [0.717, 1.165) is 17.8 Å². The van der Waals surface area contributed by atoms with E-state index >= 15 is 0 Å². The summed E-state index contributed by atoms with van der Waals surface area (Å²) < 4.78 is 0. The summed E-state index contributed by atoms with van der Waals surface area (Å²) >= 11 is 0. The van der Waals surface area contributed by atoms with Crippen molar-refractivity contribution in [3.8, 4) is 0 Å². The van der Waals surface area contributed by atoms with Crippen LogP contribution in [0.15, 0.2) is 0 Å². The topological polar surface area (TPSA) is 12.0 Å². The molecule has 0 radical (unpaired) electrons. The van der Waals surface area contributed by atoms with Gasteiger partial charge in [-0.05, 0) is 38.0 Å². The first-order valence-corrected chi connectivity index (χ1v) is 7.64. The molecule has 0 heterocycles. The van der Waals surface area contributed by atoms with Crippen LogP contribution in [0.25, 0.3) is 0 Å². The highest BCUT2D eigenvalue weighted by Crippen LogP contribution is 2.18. The van der Waals surface area contributed by atoms with Crippen molar-refractivity contribution in [2.45, 2.75) is 86.2 Å². The zero-order valence-corrected chi connectivity index (χ0v) is 13.2. The summed E-state index contributed by atoms with van der Waals surface area (Å²) in [5.74, 6) is 2.48. The van der Waals surface area contributed by atoms with Gasteiger partial charge in [0.1, 0.15) is 0 Å². The lowest BCUT2D eigenvalue weighted by molar-refractivity contribution is 0.326. The Morgan fingerprint density at radius 3 is 1.88 bits per heavy atom. The first-order chi connectivity index (χ1) is 7.88. The SMILES string of the molecule is CCC(C)C(C)NC(C)CCCC(C)C(C)C. The molecule has 1 nitrogen and oxygen atoms in total. The molecule has 0 saturated heterocycles. The zero-order valence-electron chi connectivity index (χ0n) is 13.2. The first kappa shape index (κ1) is 17.0. The van der Waals surface area contributed by atoms with E-state index < -0.39 is 0 Å². The van der Waals surface area contributed by atoms with Crippen LogP contribution in [0, 0.1) is 17.8 Å². The van der Waals surface area contributed by atoms with E-state index in [2.05, 4.69) is 53.8 Å². The number of nitrogens with one attached hydrogen (secondary N) is 1. The van der Waals surface area contributed by atoms with E-state index in [9.17, 15) is 0 Å². The van der Waals surface area contributed by atoms with E-state index in [1.807, 2.05) is 0 Å². The monoisotopic (exact) mass is 241 g/mol. The van der Waals surface area contributed by atoms with Crippen molar-refractivity contribution in [1.82, 2.24) is 5.32 Å². The number of hydrogen-bond acceptors (Lipinski definition) is 1. The zero-order chi connectivity index (χ0) is 13.4. The van der Waals surface area contributed by atoms with Crippen molar-refractivity contribution in [2.24, 2.45) is 17.8 Å². The molecule has 0 amide bonds. The fourth-order valence-corrected chi connectivity index (χ4v) is 2.13. The standard InChI is InChI=1S/C16H35N/c1-8-13(4)16(7)17-15(6)11-9-10-14(5)12(2)3/h12-17H,8-11H2,1-7H3.